The van der Waals surface area contributed by atoms with Crippen LogP contribution in [0.1, 0.15) is 38.2 Å². The van der Waals surface area contributed by atoms with Crippen LogP contribution in [0.4, 0.5) is 0 Å². The largest absolute Gasteiger partial charge is 0.395 e. The zero-order valence-corrected chi connectivity index (χ0v) is 14.0. The summed E-state index contributed by atoms with van der Waals surface area (Å²) in [5.74, 6) is -0.0256. The molecule has 0 atom stereocenters. The number of aliphatic hydroxyl groups is 1. The molecule has 0 fully saturated rings. The Bertz CT molecular complexity index is 494. The molecule has 0 heterocycles. The van der Waals surface area contributed by atoms with Crippen molar-refractivity contribution < 1.29 is 14.6 Å². The van der Waals surface area contributed by atoms with E-state index in [1.54, 1.807) is 12.0 Å². The number of hydrogen-bond donors (Lipinski definition) is 1. The summed E-state index contributed by atoms with van der Waals surface area (Å²) in [4.78, 5) is 14.5. The molecule has 1 N–H and O–H groups in total. The van der Waals surface area contributed by atoms with E-state index >= 15 is 0 Å². The predicted octanol–water partition coefficient (Wildman–Crippen LogP) is 2.31. The molecule has 0 radical (unpaired) electrons. The van der Waals surface area contributed by atoms with Crippen LogP contribution in [0, 0.1) is 34.6 Å². The minimum Gasteiger partial charge on any atom is -0.395 e. The molecule has 4 nitrogen and oxygen atoms in total. The molecule has 0 saturated heterocycles. The van der Waals surface area contributed by atoms with E-state index < -0.39 is 0 Å². The third-order valence-electron chi connectivity index (χ3n) is 4.44. The van der Waals surface area contributed by atoms with Gasteiger partial charge in [0.1, 0.15) is 0 Å². The standard InChI is InChI=1S/C17H27NO3/c1-11-12(2)14(4)16(15(5)13(11)3)17(20)18(7-9-19)8-10-21-6/h19H,7-10H2,1-6H3. The van der Waals surface area contributed by atoms with Gasteiger partial charge < -0.3 is 14.7 Å². The normalized spacial score (nSPS) is 10.8. The summed E-state index contributed by atoms with van der Waals surface area (Å²) in [5, 5.41) is 9.19. The number of aliphatic hydroxyl groups excluding tert-OH is 1. The first-order valence-corrected chi connectivity index (χ1v) is 7.32. The maximum Gasteiger partial charge on any atom is 0.254 e. The van der Waals surface area contributed by atoms with Gasteiger partial charge in [0.2, 0.25) is 0 Å². The molecule has 118 valence electrons. The lowest BCUT2D eigenvalue weighted by atomic mass is 9.89. The second kappa shape index (κ2) is 7.57. The highest BCUT2D eigenvalue weighted by Gasteiger charge is 2.22. The van der Waals surface area contributed by atoms with Gasteiger partial charge in [0.25, 0.3) is 5.91 Å². The summed E-state index contributed by atoms with van der Waals surface area (Å²) in [7, 11) is 1.61. The van der Waals surface area contributed by atoms with Crippen molar-refractivity contribution >= 4 is 5.91 Å². The summed E-state index contributed by atoms with van der Waals surface area (Å²) in [6.07, 6.45) is 0. The second-order valence-electron chi connectivity index (χ2n) is 5.51. The van der Waals surface area contributed by atoms with Gasteiger partial charge in [-0.2, -0.15) is 0 Å². The Balaban J connectivity index is 3.27. The number of ether oxygens (including phenoxy) is 1. The number of rotatable bonds is 6. The van der Waals surface area contributed by atoms with Crippen LogP contribution in [0.5, 0.6) is 0 Å². The van der Waals surface area contributed by atoms with Crippen molar-refractivity contribution in [3.63, 3.8) is 0 Å². The molecule has 0 aliphatic rings. The molecule has 0 bridgehead atoms. The van der Waals surface area contributed by atoms with Gasteiger partial charge in [-0.15, -0.1) is 0 Å². The maximum atomic E-state index is 12.9. The lowest BCUT2D eigenvalue weighted by molar-refractivity contribution is 0.0655. The van der Waals surface area contributed by atoms with Crippen molar-refractivity contribution in [2.24, 2.45) is 0 Å². The van der Waals surface area contributed by atoms with E-state index in [1.165, 1.54) is 5.56 Å². The molecular weight excluding hydrogens is 266 g/mol. The van der Waals surface area contributed by atoms with Crippen molar-refractivity contribution in [2.75, 3.05) is 33.4 Å². The van der Waals surface area contributed by atoms with E-state index in [1.807, 2.05) is 13.8 Å². The van der Waals surface area contributed by atoms with Gasteiger partial charge in [-0.1, -0.05) is 0 Å². The first-order chi connectivity index (χ1) is 9.86. The average molecular weight is 293 g/mol. The van der Waals surface area contributed by atoms with E-state index in [9.17, 15) is 9.90 Å². The van der Waals surface area contributed by atoms with Crippen LogP contribution in [-0.4, -0.2) is 49.3 Å². The highest BCUT2D eigenvalue weighted by molar-refractivity contribution is 5.98. The number of methoxy groups -OCH3 is 1. The second-order valence-corrected chi connectivity index (χ2v) is 5.51. The monoisotopic (exact) mass is 293 g/mol. The molecule has 1 aromatic rings. The van der Waals surface area contributed by atoms with E-state index in [0.29, 0.717) is 19.7 Å². The third kappa shape index (κ3) is 3.63. The SMILES string of the molecule is COCCN(CCO)C(=O)c1c(C)c(C)c(C)c(C)c1C. The van der Waals surface area contributed by atoms with Gasteiger partial charge in [0, 0.05) is 25.8 Å². The Morgan fingerprint density at radius 2 is 1.43 bits per heavy atom. The summed E-state index contributed by atoms with van der Waals surface area (Å²) < 4.78 is 5.06. The summed E-state index contributed by atoms with van der Waals surface area (Å²) in [6, 6.07) is 0. The molecule has 1 amide bonds. The van der Waals surface area contributed by atoms with Crippen LogP contribution in [0.3, 0.4) is 0 Å². The van der Waals surface area contributed by atoms with E-state index in [4.69, 9.17) is 4.74 Å². The summed E-state index contributed by atoms with van der Waals surface area (Å²) >= 11 is 0. The van der Waals surface area contributed by atoms with E-state index in [-0.39, 0.29) is 12.5 Å². The quantitative estimate of drug-likeness (QED) is 0.875. The highest BCUT2D eigenvalue weighted by atomic mass is 16.5. The zero-order chi connectivity index (χ0) is 16.2. The zero-order valence-electron chi connectivity index (χ0n) is 14.0. The molecule has 0 spiro atoms. The van der Waals surface area contributed by atoms with Gasteiger partial charge in [0.15, 0.2) is 0 Å². The summed E-state index contributed by atoms with van der Waals surface area (Å²) in [6.45, 7) is 11.4. The van der Waals surface area contributed by atoms with Crippen LogP contribution in [-0.2, 0) is 4.74 Å². The number of carbonyl (C=O) groups excluding carboxylic acids is 1. The van der Waals surface area contributed by atoms with Gasteiger partial charge in [-0.3, -0.25) is 4.79 Å². The summed E-state index contributed by atoms with van der Waals surface area (Å²) in [5.41, 5.74) is 6.39. The first kappa shape index (κ1) is 17.7. The van der Waals surface area contributed by atoms with Gasteiger partial charge in [-0.05, 0) is 62.4 Å². The molecule has 1 rings (SSSR count). The Labute approximate surface area is 127 Å². The van der Waals surface area contributed by atoms with Crippen LogP contribution in [0.2, 0.25) is 0 Å². The average Bonchev–Trinajstić information content (AvgIpc) is 2.47. The Hall–Kier alpha value is -1.39. The molecule has 0 unspecified atom stereocenters. The highest BCUT2D eigenvalue weighted by Crippen LogP contribution is 2.27. The fourth-order valence-electron chi connectivity index (χ4n) is 2.62. The fraction of sp³-hybridized carbons (Fsp3) is 0.588. The number of hydrogen-bond acceptors (Lipinski definition) is 3. The first-order valence-electron chi connectivity index (χ1n) is 7.32. The minimum absolute atomic E-state index is 0.0256. The molecule has 1 aromatic carbocycles. The number of carbonyl (C=O) groups is 1. The fourth-order valence-corrected chi connectivity index (χ4v) is 2.62. The molecule has 0 aromatic heterocycles. The Morgan fingerprint density at radius 3 is 1.86 bits per heavy atom. The Kier molecular flexibility index (Phi) is 6.37. The number of nitrogens with zero attached hydrogens (tertiary/aromatic N) is 1. The topological polar surface area (TPSA) is 49.8 Å². The molecule has 21 heavy (non-hydrogen) atoms. The number of amides is 1. The minimum atomic E-state index is -0.0443. The molecule has 0 aliphatic heterocycles. The molecular formula is C17H27NO3. The van der Waals surface area contributed by atoms with Crippen LogP contribution >= 0.6 is 0 Å². The van der Waals surface area contributed by atoms with Crippen molar-refractivity contribution in [2.45, 2.75) is 34.6 Å². The molecule has 0 saturated carbocycles. The van der Waals surface area contributed by atoms with E-state index in [0.717, 1.165) is 27.8 Å². The van der Waals surface area contributed by atoms with Crippen LogP contribution in [0.25, 0.3) is 0 Å². The van der Waals surface area contributed by atoms with Crippen molar-refractivity contribution in [3.05, 3.63) is 33.4 Å². The third-order valence-corrected chi connectivity index (χ3v) is 4.44. The van der Waals surface area contributed by atoms with E-state index in [2.05, 4.69) is 20.8 Å². The number of benzene rings is 1. The van der Waals surface area contributed by atoms with Crippen LogP contribution < -0.4 is 0 Å². The van der Waals surface area contributed by atoms with Gasteiger partial charge >= 0.3 is 0 Å². The lowest BCUT2D eigenvalue weighted by Crippen LogP contribution is -2.37. The smallest absolute Gasteiger partial charge is 0.254 e. The van der Waals surface area contributed by atoms with Crippen molar-refractivity contribution in [3.8, 4) is 0 Å². The lowest BCUT2D eigenvalue weighted by Gasteiger charge is -2.25. The van der Waals surface area contributed by atoms with Crippen LogP contribution in [0.15, 0.2) is 0 Å². The molecule has 4 heteroatoms. The maximum absolute atomic E-state index is 12.9. The van der Waals surface area contributed by atoms with Gasteiger partial charge in [-0.25, -0.2) is 0 Å². The predicted molar refractivity (Wildman–Crippen MR) is 85.0 cm³/mol. The van der Waals surface area contributed by atoms with Crippen molar-refractivity contribution in [1.82, 2.24) is 4.90 Å². The molecule has 0 aliphatic carbocycles. The van der Waals surface area contributed by atoms with Gasteiger partial charge in [0.05, 0.1) is 13.2 Å². The Morgan fingerprint density at radius 1 is 0.952 bits per heavy atom. The van der Waals surface area contributed by atoms with Crippen molar-refractivity contribution in [1.29, 1.82) is 0 Å².